The zero-order chi connectivity index (χ0) is 15.3. The molecule has 1 aromatic heterocycles. The fourth-order valence-electron chi connectivity index (χ4n) is 3.49. The van der Waals surface area contributed by atoms with Crippen molar-refractivity contribution in [2.24, 2.45) is 5.14 Å². The van der Waals surface area contributed by atoms with Gasteiger partial charge in [0.25, 0.3) is 0 Å². The fourth-order valence-corrected chi connectivity index (χ4v) is 4.45. The van der Waals surface area contributed by atoms with Crippen LogP contribution in [0.3, 0.4) is 0 Å². The molecular weight excluding hydrogens is 294 g/mol. The molecule has 0 bridgehead atoms. The van der Waals surface area contributed by atoms with Gasteiger partial charge in [-0.15, -0.1) is 0 Å². The molecule has 1 spiro atoms. The minimum absolute atomic E-state index is 0.120. The van der Waals surface area contributed by atoms with Crippen molar-refractivity contribution in [3.63, 3.8) is 0 Å². The van der Waals surface area contributed by atoms with Crippen molar-refractivity contribution in [2.75, 3.05) is 19.8 Å². The van der Waals surface area contributed by atoms with Gasteiger partial charge in [0.15, 0.2) is 0 Å². The van der Waals surface area contributed by atoms with Crippen LogP contribution < -0.4 is 5.14 Å². The van der Waals surface area contributed by atoms with E-state index in [0.29, 0.717) is 31.2 Å². The van der Waals surface area contributed by atoms with Crippen LogP contribution in [0.2, 0.25) is 0 Å². The van der Waals surface area contributed by atoms with Gasteiger partial charge >= 0.3 is 0 Å². The van der Waals surface area contributed by atoms with Crippen LogP contribution >= 0.6 is 0 Å². The van der Waals surface area contributed by atoms with E-state index in [2.05, 4.69) is 5.10 Å². The van der Waals surface area contributed by atoms with Gasteiger partial charge in [-0.25, -0.2) is 13.6 Å². The normalized spacial score (nSPS) is 30.1. The van der Waals surface area contributed by atoms with Gasteiger partial charge in [-0.2, -0.15) is 5.10 Å². The fraction of sp³-hybridized carbons (Fsp3) is 0.769. The molecule has 2 fully saturated rings. The molecule has 0 amide bonds. The number of primary sulfonamides is 1. The third-order valence-corrected chi connectivity index (χ3v) is 5.58. The molecule has 2 atom stereocenters. The first-order chi connectivity index (χ1) is 9.82. The van der Waals surface area contributed by atoms with Gasteiger partial charge in [-0.3, -0.25) is 4.68 Å². The van der Waals surface area contributed by atoms with E-state index in [0.717, 1.165) is 19.3 Å². The first kappa shape index (κ1) is 15.0. The molecule has 0 aliphatic carbocycles. The second kappa shape index (κ2) is 5.05. The van der Waals surface area contributed by atoms with Crippen LogP contribution in [0.4, 0.5) is 0 Å². The maximum Gasteiger partial charge on any atom is 0.241 e. The van der Waals surface area contributed by atoms with Gasteiger partial charge in [0.1, 0.15) is 4.90 Å². The summed E-state index contributed by atoms with van der Waals surface area (Å²) in [4.78, 5) is 0.144. The Balaban J connectivity index is 1.94. The summed E-state index contributed by atoms with van der Waals surface area (Å²) in [6.07, 6.45) is 2.48. The number of nitrogens with zero attached hydrogens (tertiary/aromatic N) is 2. The Morgan fingerprint density at radius 2 is 2.14 bits per heavy atom. The van der Waals surface area contributed by atoms with Crippen LogP contribution in [0.1, 0.15) is 36.7 Å². The molecular formula is C13H21N3O4S. The molecule has 2 aliphatic rings. The Hall–Kier alpha value is -0.960. The Morgan fingerprint density at radius 3 is 2.71 bits per heavy atom. The molecule has 7 nitrogen and oxygen atoms in total. The predicted molar refractivity (Wildman–Crippen MR) is 75.5 cm³/mol. The Bertz CT molecular complexity index is 647. The molecule has 0 aromatic carbocycles. The van der Waals surface area contributed by atoms with E-state index in [1.54, 1.807) is 18.5 Å². The van der Waals surface area contributed by atoms with Crippen LogP contribution in [0.25, 0.3) is 0 Å². The summed E-state index contributed by atoms with van der Waals surface area (Å²) >= 11 is 0. The van der Waals surface area contributed by atoms with Crippen molar-refractivity contribution < 1.29 is 17.9 Å². The van der Waals surface area contributed by atoms with Crippen molar-refractivity contribution >= 4 is 10.0 Å². The molecule has 2 saturated heterocycles. The summed E-state index contributed by atoms with van der Waals surface area (Å²) in [5, 5.41) is 9.71. The van der Waals surface area contributed by atoms with Crippen molar-refractivity contribution in [3.05, 3.63) is 11.4 Å². The van der Waals surface area contributed by atoms with Crippen LogP contribution in [-0.2, 0) is 19.5 Å². The highest BCUT2D eigenvalue weighted by Crippen LogP contribution is 2.38. The summed E-state index contributed by atoms with van der Waals surface area (Å²) in [6, 6.07) is 0.120. The Morgan fingerprint density at radius 1 is 1.38 bits per heavy atom. The number of rotatable bonds is 2. The van der Waals surface area contributed by atoms with Gasteiger partial charge < -0.3 is 9.47 Å². The molecule has 2 unspecified atom stereocenters. The average molecular weight is 315 g/mol. The summed E-state index contributed by atoms with van der Waals surface area (Å²) < 4.78 is 36.6. The highest BCUT2D eigenvalue weighted by atomic mass is 32.2. The zero-order valence-corrected chi connectivity index (χ0v) is 13.1. The van der Waals surface area contributed by atoms with E-state index in [9.17, 15) is 8.42 Å². The lowest BCUT2D eigenvalue weighted by Crippen LogP contribution is -2.41. The molecule has 2 N–H and O–H groups in total. The summed E-state index contributed by atoms with van der Waals surface area (Å²) in [5.41, 5.74) is 0.825. The molecule has 0 saturated carbocycles. The maximum atomic E-state index is 11.7. The molecule has 21 heavy (non-hydrogen) atoms. The molecule has 118 valence electrons. The van der Waals surface area contributed by atoms with Crippen molar-refractivity contribution in [3.8, 4) is 0 Å². The van der Waals surface area contributed by atoms with E-state index >= 15 is 0 Å². The van der Waals surface area contributed by atoms with Crippen LogP contribution in [-0.4, -0.2) is 43.6 Å². The zero-order valence-electron chi connectivity index (χ0n) is 12.3. The maximum absolute atomic E-state index is 11.7. The van der Waals surface area contributed by atoms with Crippen LogP contribution in [0, 0.1) is 13.8 Å². The molecule has 0 radical (unpaired) electrons. The minimum Gasteiger partial charge on any atom is -0.378 e. The topological polar surface area (TPSA) is 96.4 Å². The van der Waals surface area contributed by atoms with E-state index < -0.39 is 10.0 Å². The van der Waals surface area contributed by atoms with E-state index in [1.165, 1.54) is 0 Å². The second-order valence-corrected chi connectivity index (χ2v) is 7.47. The van der Waals surface area contributed by atoms with Gasteiger partial charge in [-0.1, -0.05) is 0 Å². The van der Waals surface area contributed by atoms with E-state index in [4.69, 9.17) is 14.6 Å². The number of hydrogen-bond acceptors (Lipinski definition) is 5. The average Bonchev–Trinajstić information content (AvgIpc) is 2.94. The SMILES string of the molecule is Cc1nn(C2CCOC3(CCOC3)C2)c(C)c1S(N)(=O)=O. The molecule has 3 heterocycles. The highest BCUT2D eigenvalue weighted by Gasteiger charge is 2.42. The number of hydrogen-bond donors (Lipinski definition) is 1. The van der Waals surface area contributed by atoms with Gasteiger partial charge in [0.2, 0.25) is 10.0 Å². The summed E-state index contributed by atoms with van der Waals surface area (Å²) in [7, 11) is -3.75. The number of sulfonamides is 1. The number of nitrogens with two attached hydrogens (primary N) is 1. The molecule has 1 aromatic rings. The second-order valence-electron chi connectivity index (χ2n) is 5.97. The number of aromatic nitrogens is 2. The Labute approximate surface area is 124 Å². The summed E-state index contributed by atoms with van der Waals surface area (Å²) in [5.74, 6) is 0. The lowest BCUT2D eigenvalue weighted by Gasteiger charge is -2.37. The quantitative estimate of drug-likeness (QED) is 0.864. The third kappa shape index (κ3) is 2.61. The third-order valence-electron chi connectivity index (χ3n) is 4.42. The van der Waals surface area contributed by atoms with Gasteiger partial charge in [0.05, 0.1) is 29.6 Å². The van der Waals surface area contributed by atoms with Crippen molar-refractivity contribution in [1.82, 2.24) is 9.78 Å². The molecule has 3 rings (SSSR count). The number of ether oxygens (including phenoxy) is 2. The van der Waals surface area contributed by atoms with E-state index in [-0.39, 0.29) is 16.5 Å². The Kier molecular flexibility index (Phi) is 3.59. The molecule has 8 heteroatoms. The van der Waals surface area contributed by atoms with Crippen molar-refractivity contribution in [2.45, 2.75) is 49.6 Å². The lowest BCUT2D eigenvalue weighted by atomic mass is 9.90. The van der Waals surface area contributed by atoms with Crippen LogP contribution in [0.5, 0.6) is 0 Å². The minimum atomic E-state index is -3.75. The summed E-state index contributed by atoms with van der Waals surface area (Å²) in [6.45, 7) is 5.39. The number of aryl methyl sites for hydroxylation is 1. The van der Waals surface area contributed by atoms with Crippen LogP contribution in [0.15, 0.2) is 4.90 Å². The van der Waals surface area contributed by atoms with E-state index in [1.807, 2.05) is 0 Å². The van der Waals surface area contributed by atoms with Crippen molar-refractivity contribution in [1.29, 1.82) is 0 Å². The first-order valence-electron chi connectivity index (χ1n) is 7.13. The monoisotopic (exact) mass is 315 g/mol. The van der Waals surface area contributed by atoms with Gasteiger partial charge in [0, 0.05) is 26.1 Å². The lowest BCUT2D eigenvalue weighted by molar-refractivity contribution is -0.0965. The smallest absolute Gasteiger partial charge is 0.241 e. The first-order valence-corrected chi connectivity index (χ1v) is 8.67. The largest absolute Gasteiger partial charge is 0.378 e. The van der Waals surface area contributed by atoms with Gasteiger partial charge in [-0.05, 0) is 20.3 Å². The predicted octanol–water partition coefficient (Wildman–Crippen LogP) is 0.658. The molecule has 2 aliphatic heterocycles. The highest BCUT2D eigenvalue weighted by molar-refractivity contribution is 7.89. The standard InChI is InChI=1S/C13H21N3O4S/c1-9-12(21(14,17)18)10(2)16(15-9)11-3-5-20-13(7-11)4-6-19-8-13/h11H,3-8H2,1-2H3,(H2,14,17,18).